The van der Waals surface area contributed by atoms with Crippen molar-refractivity contribution in [2.45, 2.75) is 26.1 Å². The highest BCUT2D eigenvalue weighted by atomic mass is 35.5. The first-order valence-corrected chi connectivity index (χ1v) is 7.51. The van der Waals surface area contributed by atoms with Crippen LogP contribution >= 0.6 is 11.6 Å². The quantitative estimate of drug-likeness (QED) is 0.873. The summed E-state index contributed by atoms with van der Waals surface area (Å²) in [5, 5.41) is 14.4. The lowest BCUT2D eigenvalue weighted by molar-refractivity contribution is 0.101. The molecule has 2 N–H and O–H groups in total. The van der Waals surface area contributed by atoms with Crippen LogP contribution in [0.5, 0.6) is 5.75 Å². The van der Waals surface area contributed by atoms with Gasteiger partial charge in [0, 0.05) is 43.3 Å². The maximum Gasteiger partial charge on any atom is 0.125 e. The highest BCUT2D eigenvalue weighted by molar-refractivity contribution is 6.30. The van der Waals surface area contributed by atoms with Crippen molar-refractivity contribution >= 4 is 11.6 Å². The van der Waals surface area contributed by atoms with Gasteiger partial charge in [0.15, 0.2) is 0 Å². The molecule has 112 valence electrons. The molecule has 20 heavy (non-hydrogen) atoms. The first kappa shape index (κ1) is 15.6. The molecule has 0 radical (unpaired) electrons. The molecule has 0 aliphatic carbocycles. The average molecular weight is 299 g/mol. The van der Waals surface area contributed by atoms with Gasteiger partial charge in [0.1, 0.15) is 5.75 Å². The standard InChI is InChI=1S/C15H23ClN2O2/c1-11(2)20-15-4-3-12(16)9-13(15)14(19)10-18-7-5-17-6-8-18/h3-4,9,11,14,17,19H,5-8,10H2,1-2H3. The molecular formula is C15H23ClN2O2. The molecule has 5 heteroatoms. The van der Waals surface area contributed by atoms with Crippen LogP contribution < -0.4 is 10.1 Å². The predicted molar refractivity (Wildman–Crippen MR) is 81.5 cm³/mol. The van der Waals surface area contributed by atoms with Crippen LogP contribution in [0, 0.1) is 0 Å². The summed E-state index contributed by atoms with van der Waals surface area (Å²) >= 11 is 6.05. The number of aliphatic hydroxyl groups is 1. The molecule has 1 aliphatic heterocycles. The Bertz CT molecular complexity index is 434. The Morgan fingerprint density at radius 1 is 1.35 bits per heavy atom. The van der Waals surface area contributed by atoms with Crippen LogP contribution in [0.4, 0.5) is 0 Å². The average Bonchev–Trinajstić information content (AvgIpc) is 2.41. The summed E-state index contributed by atoms with van der Waals surface area (Å²) in [6.07, 6.45) is -0.512. The van der Waals surface area contributed by atoms with Gasteiger partial charge in [-0.15, -0.1) is 0 Å². The number of ether oxygens (including phenoxy) is 1. The summed E-state index contributed by atoms with van der Waals surface area (Å²) < 4.78 is 5.76. The fourth-order valence-corrected chi connectivity index (χ4v) is 2.56. The van der Waals surface area contributed by atoms with Gasteiger partial charge in [-0.1, -0.05) is 11.6 Å². The van der Waals surface area contributed by atoms with Gasteiger partial charge >= 0.3 is 0 Å². The number of piperazine rings is 1. The second-order valence-corrected chi connectivity index (χ2v) is 5.85. The van der Waals surface area contributed by atoms with Gasteiger partial charge in [0.05, 0.1) is 12.2 Å². The molecular weight excluding hydrogens is 276 g/mol. The van der Waals surface area contributed by atoms with E-state index in [-0.39, 0.29) is 6.10 Å². The highest BCUT2D eigenvalue weighted by Gasteiger charge is 2.19. The molecule has 1 aromatic rings. The third kappa shape index (κ3) is 4.35. The van der Waals surface area contributed by atoms with Gasteiger partial charge in [-0.2, -0.15) is 0 Å². The van der Waals surface area contributed by atoms with Crippen LogP contribution in [-0.2, 0) is 0 Å². The van der Waals surface area contributed by atoms with Crippen molar-refractivity contribution in [1.82, 2.24) is 10.2 Å². The number of halogens is 1. The normalized spacial score (nSPS) is 18.2. The van der Waals surface area contributed by atoms with Crippen molar-refractivity contribution in [3.05, 3.63) is 28.8 Å². The summed E-state index contributed by atoms with van der Waals surface area (Å²) in [6, 6.07) is 5.42. The van der Waals surface area contributed by atoms with E-state index in [9.17, 15) is 5.11 Å². The second-order valence-electron chi connectivity index (χ2n) is 5.42. The van der Waals surface area contributed by atoms with Crippen LogP contribution in [-0.4, -0.2) is 48.8 Å². The lowest BCUT2D eigenvalue weighted by Gasteiger charge is -2.29. The summed E-state index contributed by atoms with van der Waals surface area (Å²) in [5.41, 5.74) is 0.768. The van der Waals surface area contributed by atoms with E-state index in [0.717, 1.165) is 31.7 Å². The lowest BCUT2D eigenvalue weighted by atomic mass is 10.1. The maximum atomic E-state index is 10.5. The number of aliphatic hydroxyl groups excluding tert-OH is 1. The first-order valence-electron chi connectivity index (χ1n) is 7.13. The molecule has 1 aromatic carbocycles. The largest absolute Gasteiger partial charge is 0.491 e. The second kappa shape index (κ2) is 7.27. The van der Waals surface area contributed by atoms with E-state index in [1.165, 1.54) is 0 Å². The van der Waals surface area contributed by atoms with Gasteiger partial charge < -0.3 is 15.2 Å². The van der Waals surface area contributed by atoms with Crippen molar-refractivity contribution in [3.63, 3.8) is 0 Å². The van der Waals surface area contributed by atoms with Crippen LogP contribution in [0.2, 0.25) is 5.02 Å². The maximum absolute atomic E-state index is 10.5. The van der Waals surface area contributed by atoms with E-state index < -0.39 is 6.10 Å². The van der Waals surface area contributed by atoms with E-state index in [1.807, 2.05) is 19.9 Å². The molecule has 1 aliphatic rings. The predicted octanol–water partition coefficient (Wildman–Crippen LogP) is 2.07. The van der Waals surface area contributed by atoms with Crippen LogP contribution in [0.25, 0.3) is 0 Å². The van der Waals surface area contributed by atoms with Crippen molar-refractivity contribution in [3.8, 4) is 5.75 Å². The van der Waals surface area contributed by atoms with Gasteiger partial charge in [0.25, 0.3) is 0 Å². The summed E-state index contributed by atoms with van der Waals surface area (Å²) in [4.78, 5) is 2.25. The fourth-order valence-electron chi connectivity index (χ4n) is 2.38. The molecule has 0 spiro atoms. The number of hydrogen-bond donors (Lipinski definition) is 2. The van der Waals surface area contributed by atoms with Crippen molar-refractivity contribution < 1.29 is 9.84 Å². The van der Waals surface area contributed by atoms with Crippen LogP contribution in [0.1, 0.15) is 25.5 Å². The third-order valence-electron chi connectivity index (χ3n) is 3.33. The van der Waals surface area contributed by atoms with Crippen LogP contribution in [0.3, 0.4) is 0 Å². The highest BCUT2D eigenvalue weighted by Crippen LogP contribution is 2.29. The Balaban J connectivity index is 2.10. The molecule has 1 fully saturated rings. The number of benzene rings is 1. The molecule has 0 aromatic heterocycles. The lowest BCUT2D eigenvalue weighted by Crippen LogP contribution is -2.45. The van der Waals surface area contributed by atoms with Crippen molar-refractivity contribution in [2.75, 3.05) is 32.7 Å². The van der Waals surface area contributed by atoms with Gasteiger partial charge in [-0.25, -0.2) is 0 Å². The Hall–Kier alpha value is -0.810. The van der Waals surface area contributed by atoms with Gasteiger partial charge in [-0.05, 0) is 32.0 Å². The molecule has 0 amide bonds. The SMILES string of the molecule is CC(C)Oc1ccc(Cl)cc1C(O)CN1CCNCC1. The fraction of sp³-hybridized carbons (Fsp3) is 0.600. The molecule has 0 bridgehead atoms. The Morgan fingerprint density at radius 3 is 2.70 bits per heavy atom. The minimum atomic E-state index is -0.583. The molecule has 2 rings (SSSR count). The molecule has 1 unspecified atom stereocenters. The smallest absolute Gasteiger partial charge is 0.125 e. The van der Waals surface area contributed by atoms with Gasteiger partial charge in [0.2, 0.25) is 0 Å². The van der Waals surface area contributed by atoms with E-state index in [1.54, 1.807) is 12.1 Å². The minimum absolute atomic E-state index is 0.0707. The van der Waals surface area contributed by atoms with E-state index >= 15 is 0 Å². The molecule has 1 saturated heterocycles. The zero-order valence-electron chi connectivity index (χ0n) is 12.1. The van der Waals surface area contributed by atoms with Crippen LogP contribution in [0.15, 0.2) is 18.2 Å². The summed E-state index contributed by atoms with van der Waals surface area (Å²) in [6.45, 7) is 8.41. The number of nitrogens with zero attached hydrogens (tertiary/aromatic N) is 1. The van der Waals surface area contributed by atoms with Crippen molar-refractivity contribution in [2.24, 2.45) is 0 Å². The summed E-state index contributed by atoms with van der Waals surface area (Å²) in [7, 11) is 0. The molecule has 1 heterocycles. The zero-order valence-corrected chi connectivity index (χ0v) is 12.9. The van der Waals surface area contributed by atoms with Gasteiger partial charge in [-0.3, -0.25) is 4.90 Å². The Morgan fingerprint density at radius 2 is 2.05 bits per heavy atom. The molecule has 4 nitrogen and oxygen atoms in total. The monoisotopic (exact) mass is 298 g/mol. The zero-order chi connectivity index (χ0) is 14.5. The Labute approximate surface area is 125 Å². The number of rotatable bonds is 5. The number of hydrogen-bond acceptors (Lipinski definition) is 4. The first-order chi connectivity index (χ1) is 9.56. The van der Waals surface area contributed by atoms with Crippen molar-refractivity contribution in [1.29, 1.82) is 0 Å². The molecule has 0 saturated carbocycles. The summed E-state index contributed by atoms with van der Waals surface area (Å²) in [5.74, 6) is 0.715. The van der Waals surface area contributed by atoms with E-state index in [2.05, 4.69) is 10.2 Å². The van der Waals surface area contributed by atoms with E-state index in [0.29, 0.717) is 17.3 Å². The Kier molecular flexibility index (Phi) is 5.66. The molecule has 1 atom stereocenters. The van der Waals surface area contributed by atoms with E-state index in [4.69, 9.17) is 16.3 Å². The topological polar surface area (TPSA) is 44.7 Å². The minimum Gasteiger partial charge on any atom is -0.491 e. The number of β-amino-alcohol motifs (C(OH)–C–C–N with tert-alkyl or cyclic N) is 1. The number of nitrogens with one attached hydrogen (secondary N) is 1. The third-order valence-corrected chi connectivity index (χ3v) is 3.57.